The summed E-state index contributed by atoms with van der Waals surface area (Å²) in [6.07, 6.45) is 1.27. The summed E-state index contributed by atoms with van der Waals surface area (Å²) < 4.78 is 3.17. The third kappa shape index (κ3) is 3.06. The first kappa shape index (κ1) is 13.4. The van der Waals surface area contributed by atoms with E-state index >= 15 is 0 Å². The Hall–Kier alpha value is -0.000000000000000111. The first-order valence-electron chi connectivity index (χ1n) is 6.13. The molecule has 1 unspecified atom stereocenters. The molecule has 1 aromatic rings. The van der Waals surface area contributed by atoms with Crippen molar-refractivity contribution in [2.75, 3.05) is 18.8 Å². The van der Waals surface area contributed by atoms with E-state index in [4.69, 9.17) is 0 Å². The first-order valence-corrected chi connectivity index (χ1v) is 7.98. The van der Waals surface area contributed by atoms with Gasteiger partial charge in [-0.05, 0) is 29.3 Å². The average Bonchev–Trinajstić information content (AvgIpc) is 2.56. The summed E-state index contributed by atoms with van der Waals surface area (Å²) in [5.41, 5.74) is 2.38. The molecule has 0 N–H and O–H groups in total. The fourth-order valence-corrected chi connectivity index (χ4v) is 3.94. The molecule has 17 heavy (non-hydrogen) atoms. The van der Waals surface area contributed by atoms with Gasteiger partial charge in [0.15, 0.2) is 0 Å². The molecule has 0 spiro atoms. The highest BCUT2D eigenvalue weighted by molar-refractivity contribution is 9.10. The number of aromatic nitrogens is 2. The van der Waals surface area contributed by atoms with Crippen molar-refractivity contribution in [2.45, 2.75) is 32.1 Å². The summed E-state index contributed by atoms with van der Waals surface area (Å²) in [6, 6.07) is 0. The summed E-state index contributed by atoms with van der Waals surface area (Å²) in [6.45, 7) is 7.74. The fourth-order valence-electron chi connectivity index (χ4n) is 2.23. The van der Waals surface area contributed by atoms with E-state index in [-0.39, 0.29) is 0 Å². The van der Waals surface area contributed by atoms with Gasteiger partial charge in [0.25, 0.3) is 0 Å². The second-order valence-electron chi connectivity index (χ2n) is 4.61. The molecule has 1 aromatic heterocycles. The highest BCUT2D eigenvalue weighted by Crippen LogP contribution is 2.25. The van der Waals surface area contributed by atoms with E-state index < -0.39 is 0 Å². The quantitative estimate of drug-likeness (QED) is 0.855. The number of nitrogens with zero attached hydrogens (tertiary/aromatic N) is 3. The molecule has 1 aliphatic heterocycles. The molecule has 5 heteroatoms. The minimum atomic E-state index is 0.803. The zero-order valence-corrected chi connectivity index (χ0v) is 13.1. The van der Waals surface area contributed by atoms with Gasteiger partial charge in [0.1, 0.15) is 0 Å². The number of halogens is 1. The fraction of sp³-hybridized carbons (Fsp3) is 0.750. The molecule has 2 heterocycles. The minimum Gasteiger partial charge on any atom is -0.296 e. The Labute approximate surface area is 116 Å². The Morgan fingerprint density at radius 2 is 2.29 bits per heavy atom. The van der Waals surface area contributed by atoms with Crippen LogP contribution in [-0.4, -0.2) is 38.8 Å². The molecule has 0 aromatic carbocycles. The maximum absolute atomic E-state index is 4.45. The summed E-state index contributed by atoms with van der Waals surface area (Å²) in [5.74, 6) is 1.26. The second-order valence-corrected chi connectivity index (χ2v) is 6.81. The first-order chi connectivity index (χ1) is 8.11. The van der Waals surface area contributed by atoms with Crippen LogP contribution in [0.25, 0.3) is 0 Å². The van der Waals surface area contributed by atoms with Gasteiger partial charge in [-0.1, -0.05) is 6.92 Å². The molecule has 0 bridgehead atoms. The molecular formula is C12H20BrN3S. The Morgan fingerprint density at radius 1 is 1.53 bits per heavy atom. The lowest BCUT2D eigenvalue weighted by Gasteiger charge is -2.31. The summed E-state index contributed by atoms with van der Waals surface area (Å²) >= 11 is 5.76. The lowest BCUT2D eigenvalue weighted by Crippen LogP contribution is -2.37. The molecule has 0 aliphatic carbocycles. The zero-order valence-electron chi connectivity index (χ0n) is 10.7. The number of hydrogen-bond donors (Lipinski definition) is 0. The molecule has 0 radical (unpaired) electrons. The largest absolute Gasteiger partial charge is 0.296 e. The van der Waals surface area contributed by atoms with Gasteiger partial charge in [-0.25, -0.2) is 0 Å². The Balaban J connectivity index is 2.05. The van der Waals surface area contributed by atoms with E-state index in [1.165, 1.54) is 35.4 Å². The Morgan fingerprint density at radius 3 is 2.88 bits per heavy atom. The van der Waals surface area contributed by atoms with Gasteiger partial charge in [0, 0.05) is 37.7 Å². The van der Waals surface area contributed by atoms with Crippen molar-refractivity contribution in [2.24, 2.45) is 7.05 Å². The average molecular weight is 318 g/mol. The van der Waals surface area contributed by atoms with E-state index in [1.54, 1.807) is 0 Å². The normalized spacial score (nSPS) is 22.0. The molecule has 0 amide bonds. The number of thioether (sulfide) groups is 1. The minimum absolute atomic E-state index is 0.803. The maximum Gasteiger partial charge on any atom is 0.0739 e. The standard InChI is InChI=1S/C12H20BrN3S/c1-4-10-7-16(5-6-17-10)8-11-12(13)9(2)14-15(11)3/h10H,4-8H2,1-3H3. The van der Waals surface area contributed by atoms with Crippen LogP contribution in [0.4, 0.5) is 0 Å². The highest BCUT2D eigenvalue weighted by atomic mass is 79.9. The van der Waals surface area contributed by atoms with Gasteiger partial charge >= 0.3 is 0 Å². The van der Waals surface area contributed by atoms with Crippen molar-refractivity contribution in [3.8, 4) is 0 Å². The van der Waals surface area contributed by atoms with E-state index in [2.05, 4.69) is 51.5 Å². The van der Waals surface area contributed by atoms with Crippen LogP contribution in [0.2, 0.25) is 0 Å². The monoisotopic (exact) mass is 317 g/mol. The molecule has 1 saturated heterocycles. The van der Waals surface area contributed by atoms with Crippen LogP contribution in [0.1, 0.15) is 24.7 Å². The van der Waals surface area contributed by atoms with Crippen molar-refractivity contribution < 1.29 is 0 Å². The van der Waals surface area contributed by atoms with Gasteiger partial charge in [-0.2, -0.15) is 16.9 Å². The molecule has 1 aliphatic rings. The molecular weight excluding hydrogens is 298 g/mol. The van der Waals surface area contributed by atoms with Crippen molar-refractivity contribution >= 4 is 27.7 Å². The molecule has 0 saturated carbocycles. The van der Waals surface area contributed by atoms with Crippen LogP contribution in [0.3, 0.4) is 0 Å². The molecule has 3 nitrogen and oxygen atoms in total. The Bertz CT molecular complexity index is 391. The topological polar surface area (TPSA) is 21.1 Å². The van der Waals surface area contributed by atoms with E-state index in [9.17, 15) is 0 Å². The van der Waals surface area contributed by atoms with Crippen LogP contribution >= 0.6 is 27.7 Å². The predicted octanol–water partition coefficient (Wildman–Crippen LogP) is 2.82. The van der Waals surface area contributed by atoms with Crippen LogP contribution in [0.5, 0.6) is 0 Å². The highest BCUT2D eigenvalue weighted by Gasteiger charge is 2.21. The van der Waals surface area contributed by atoms with Crippen LogP contribution in [0, 0.1) is 6.92 Å². The SMILES string of the molecule is CCC1CN(Cc2c(Br)c(C)nn2C)CCS1. The van der Waals surface area contributed by atoms with Crippen LogP contribution in [-0.2, 0) is 13.6 Å². The summed E-state index contributed by atoms with van der Waals surface area (Å²) in [4.78, 5) is 2.55. The smallest absolute Gasteiger partial charge is 0.0739 e. The van der Waals surface area contributed by atoms with Gasteiger partial charge < -0.3 is 0 Å². The third-order valence-corrected chi connectivity index (χ3v) is 5.72. The molecule has 1 atom stereocenters. The van der Waals surface area contributed by atoms with E-state index in [0.717, 1.165) is 17.5 Å². The Kier molecular flexibility index (Phi) is 4.55. The van der Waals surface area contributed by atoms with Gasteiger partial charge in [-0.3, -0.25) is 9.58 Å². The van der Waals surface area contributed by atoms with E-state index in [0.29, 0.717) is 0 Å². The number of aryl methyl sites for hydroxylation is 2. The molecule has 2 rings (SSSR count). The van der Waals surface area contributed by atoms with Crippen molar-refractivity contribution in [3.63, 3.8) is 0 Å². The van der Waals surface area contributed by atoms with Crippen LogP contribution < -0.4 is 0 Å². The second kappa shape index (κ2) is 5.76. The summed E-state index contributed by atoms with van der Waals surface area (Å²) in [7, 11) is 2.03. The lowest BCUT2D eigenvalue weighted by atomic mass is 10.2. The number of hydrogen-bond acceptors (Lipinski definition) is 3. The zero-order chi connectivity index (χ0) is 12.4. The van der Waals surface area contributed by atoms with Crippen molar-refractivity contribution in [1.82, 2.24) is 14.7 Å². The maximum atomic E-state index is 4.45. The van der Waals surface area contributed by atoms with Crippen LogP contribution in [0.15, 0.2) is 4.47 Å². The summed E-state index contributed by atoms with van der Waals surface area (Å²) in [5, 5.41) is 5.26. The number of rotatable bonds is 3. The molecule has 1 fully saturated rings. The van der Waals surface area contributed by atoms with Gasteiger partial charge in [0.2, 0.25) is 0 Å². The lowest BCUT2D eigenvalue weighted by molar-refractivity contribution is 0.265. The van der Waals surface area contributed by atoms with Crippen molar-refractivity contribution in [1.29, 1.82) is 0 Å². The molecule has 96 valence electrons. The van der Waals surface area contributed by atoms with Gasteiger partial charge in [-0.15, -0.1) is 0 Å². The van der Waals surface area contributed by atoms with Crippen molar-refractivity contribution in [3.05, 3.63) is 15.9 Å². The third-order valence-electron chi connectivity index (χ3n) is 3.31. The predicted molar refractivity (Wildman–Crippen MR) is 77.5 cm³/mol. The van der Waals surface area contributed by atoms with Gasteiger partial charge in [0.05, 0.1) is 15.9 Å². The van der Waals surface area contributed by atoms with E-state index in [1.807, 2.05) is 11.7 Å².